The van der Waals surface area contributed by atoms with Crippen LogP contribution >= 0.6 is 15.9 Å². The van der Waals surface area contributed by atoms with E-state index in [1.807, 2.05) is 11.0 Å². The van der Waals surface area contributed by atoms with Crippen LogP contribution in [0.1, 0.15) is 56.9 Å². The van der Waals surface area contributed by atoms with Crippen molar-refractivity contribution in [2.24, 2.45) is 5.41 Å². The average molecular weight is 410 g/mol. The topological polar surface area (TPSA) is 38.8 Å². The minimum absolute atomic E-state index is 0.129. The molecule has 25 heavy (non-hydrogen) atoms. The molecule has 2 fully saturated rings. The molecule has 1 saturated heterocycles. The molecule has 0 unspecified atom stereocenters. The van der Waals surface area contributed by atoms with Crippen molar-refractivity contribution in [3.05, 3.63) is 28.2 Å². The quantitative estimate of drug-likeness (QED) is 0.614. The monoisotopic (exact) mass is 409 g/mol. The number of benzene rings is 1. The van der Waals surface area contributed by atoms with Crippen molar-refractivity contribution in [2.45, 2.75) is 51.4 Å². The highest BCUT2D eigenvalue weighted by Crippen LogP contribution is 2.57. The molecule has 0 N–H and O–H groups in total. The van der Waals surface area contributed by atoms with Crippen LogP contribution < -0.4 is 4.74 Å². The minimum atomic E-state index is -0.129. The predicted octanol–water partition coefficient (Wildman–Crippen LogP) is 5.35. The number of carbonyl (C=O) groups is 1. The maximum Gasteiger partial charge on any atom is 0.409 e. The Labute approximate surface area is 159 Å². The van der Waals surface area contributed by atoms with E-state index in [1.54, 1.807) is 7.11 Å². The van der Waals surface area contributed by atoms with Crippen LogP contribution in [-0.2, 0) is 4.74 Å². The molecule has 1 amide bonds. The molecule has 0 radical (unpaired) electrons. The van der Waals surface area contributed by atoms with Gasteiger partial charge in [0.25, 0.3) is 0 Å². The Morgan fingerprint density at radius 1 is 1.28 bits per heavy atom. The third-order valence-corrected chi connectivity index (χ3v) is 6.22. The molecule has 1 aromatic carbocycles. The Kier molecular flexibility index (Phi) is 5.92. The number of ether oxygens (including phenoxy) is 2. The van der Waals surface area contributed by atoms with Crippen molar-refractivity contribution < 1.29 is 14.3 Å². The lowest BCUT2D eigenvalue weighted by molar-refractivity contribution is 0.0114. The zero-order valence-corrected chi connectivity index (χ0v) is 16.8. The van der Waals surface area contributed by atoms with E-state index in [9.17, 15) is 4.79 Å². The molecule has 1 aliphatic carbocycles. The van der Waals surface area contributed by atoms with Gasteiger partial charge in [0.05, 0.1) is 13.7 Å². The first-order valence-corrected chi connectivity index (χ1v) is 10.1. The van der Waals surface area contributed by atoms with E-state index in [0.29, 0.717) is 17.9 Å². The summed E-state index contributed by atoms with van der Waals surface area (Å²) in [5.74, 6) is 1.52. The molecule has 0 bridgehead atoms. The molecule has 3 rings (SSSR count). The minimum Gasteiger partial charge on any atom is -0.497 e. The smallest absolute Gasteiger partial charge is 0.409 e. The predicted molar refractivity (Wildman–Crippen MR) is 102 cm³/mol. The molecular formula is C20H28BrNO3. The van der Waals surface area contributed by atoms with Gasteiger partial charge in [0.1, 0.15) is 5.75 Å². The first kappa shape index (κ1) is 18.6. The third kappa shape index (κ3) is 4.30. The zero-order valence-electron chi connectivity index (χ0n) is 15.2. The summed E-state index contributed by atoms with van der Waals surface area (Å²) < 4.78 is 11.8. The Hall–Kier alpha value is -1.23. The highest BCUT2D eigenvalue weighted by atomic mass is 79.9. The first-order valence-electron chi connectivity index (χ1n) is 9.31. The van der Waals surface area contributed by atoms with Gasteiger partial charge in [-0.25, -0.2) is 4.79 Å². The Bertz CT molecular complexity index is 603. The molecule has 138 valence electrons. The van der Waals surface area contributed by atoms with Crippen LogP contribution in [0.3, 0.4) is 0 Å². The summed E-state index contributed by atoms with van der Waals surface area (Å²) in [6, 6.07) is 6.36. The lowest BCUT2D eigenvalue weighted by Gasteiger charge is -2.52. The summed E-state index contributed by atoms with van der Waals surface area (Å²) in [7, 11) is 1.71. The highest BCUT2D eigenvalue weighted by Gasteiger charge is 2.47. The number of amides is 1. The summed E-state index contributed by atoms with van der Waals surface area (Å²) >= 11 is 3.57. The lowest BCUT2D eigenvalue weighted by atomic mass is 9.56. The Morgan fingerprint density at radius 2 is 2.00 bits per heavy atom. The molecular weight excluding hydrogens is 382 g/mol. The van der Waals surface area contributed by atoms with Gasteiger partial charge in [-0.2, -0.15) is 0 Å². The van der Waals surface area contributed by atoms with E-state index in [0.717, 1.165) is 49.0 Å². The van der Waals surface area contributed by atoms with Gasteiger partial charge < -0.3 is 14.4 Å². The summed E-state index contributed by atoms with van der Waals surface area (Å²) in [5, 5.41) is 0. The molecule has 0 atom stereocenters. The van der Waals surface area contributed by atoms with Gasteiger partial charge in [0.15, 0.2) is 0 Å². The number of rotatable bonds is 5. The standard InChI is InChI=1S/C20H28BrNO3/c1-3-4-9-25-19(23)22-7-5-20(6-8-22)13-16(14-20)15-10-17(21)12-18(11-15)24-2/h10-12,16H,3-9,13-14H2,1-2H3. The second-order valence-electron chi connectivity index (χ2n) is 7.48. The molecule has 1 saturated carbocycles. The van der Waals surface area contributed by atoms with Crippen molar-refractivity contribution in [3.8, 4) is 5.75 Å². The summed E-state index contributed by atoms with van der Waals surface area (Å²) in [5.41, 5.74) is 1.78. The Balaban J connectivity index is 1.50. The van der Waals surface area contributed by atoms with Crippen LogP contribution in [0.15, 0.2) is 22.7 Å². The second kappa shape index (κ2) is 7.98. The maximum atomic E-state index is 12.1. The van der Waals surface area contributed by atoms with Crippen molar-refractivity contribution in [1.29, 1.82) is 0 Å². The van der Waals surface area contributed by atoms with E-state index in [-0.39, 0.29) is 6.09 Å². The van der Waals surface area contributed by atoms with Gasteiger partial charge in [-0.05, 0) is 67.2 Å². The molecule has 1 aromatic rings. The van der Waals surface area contributed by atoms with Crippen LogP contribution in [0.5, 0.6) is 5.75 Å². The van der Waals surface area contributed by atoms with Gasteiger partial charge >= 0.3 is 6.09 Å². The number of carbonyl (C=O) groups excluding carboxylic acids is 1. The number of hydrogen-bond acceptors (Lipinski definition) is 3. The maximum absolute atomic E-state index is 12.1. The number of halogens is 1. The highest BCUT2D eigenvalue weighted by molar-refractivity contribution is 9.10. The fraction of sp³-hybridized carbons (Fsp3) is 0.650. The van der Waals surface area contributed by atoms with Crippen molar-refractivity contribution in [3.63, 3.8) is 0 Å². The molecule has 1 aliphatic heterocycles. The van der Waals surface area contributed by atoms with E-state index in [2.05, 4.69) is 35.0 Å². The SMILES string of the molecule is CCCCOC(=O)N1CCC2(CC1)CC(c1cc(Br)cc(OC)c1)C2. The second-order valence-corrected chi connectivity index (χ2v) is 8.40. The number of hydrogen-bond donors (Lipinski definition) is 0. The van der Waals surface area contributed by atoms with Crippen LogP contribution in [0, 0.1) is 5.41 Å². The number of methoxy groups -OCH3 is 1. The van der Waals surface area contributed by atoms with E-state index in [4.69, 9.17) is 9.47 Å². The number of likely N-dealkylation sites (tertiary alicyclic amines) is 1. The first-order chi connectivity index (χ1) is 12.0. The van der Waals surface area contributed by atoms with Gasteiger partial charge in [-0.15, -0.1) is 0 Å². The number of piperidine rings is 1. The molecule has 5 heteroatoms. The fourth-order valence-corrected chi connectivity index (χ4v) is 4.62. The van der Waals surface area contributed by atoms with Gasteiger partial charge in [0.2, 0.25) is 0 Å². The van der Waals surface area contributed by atoms with Gasteiger partial charge in [-0.1, -0.05) is 29.3 Å². The van der Waals surface area contributed by atoms with Crippen LogP contribution in [0.2, 0.25) is 0 Å². The molecule has 4 nitrogen and oxygen atoms in total. The van der Waals surface area contributed by atoms with Crippen LogP contribution in [0.4, 0.5) is 4.79 Å². The molecule has 1 heterocycles. The number of unbranched alkanes of at least 4 members (excludes halogenated alkanes) is 1. The van der Waals surface area contributed by atoms with Gasteiger partial charge in [-0.3, -0.25) is 0 Å². The lowest BCUT2D eigenvalue weighted by Crippen LogP contribution is -2.48. The van der Waals surface area contributed by atoms with Crippen LogP contribution in [0.25, 0.3) is 0 Å². The van der Waals surface area contributed by atoms with E-state index >= 15 is 0 Å². The average Bonchev–Trinajstić information content (AvgIpc) is 2.59. The summed E-state index contributed by atoms with van der Waals surface area (Å²) in [6.07, 6.45) is 6.49. The fourth-order valence-electron chi connectivity index (χ4n) is 4.13. The van der Waals surface area contributed by atoms with Crippen LogP contribution in [-0.4, -0.2) is 37.8 Å². The molecule has 2 aliphatic rings. The normalized spacial score (nSPS) is 19.6. The van der Waals surface area contributed by atoms with Crippen molar-refractivity contribution in [1.82, 2.24) is 4.90 Å². The van der Waals surface area contributed by atoms with Crippen molar-refractivity contribution >= 4 is 22.0 Å². The summed E-state index contributed by atoms with van der Waals surface area (Å²) in [6.45, 7) is 4.31. The van der Waals surface area contributed by atoms with Gasteiger partial charge in [0, 0.05) is 17.6 Å². The number of nitrogens with zero attached hydrogens (tertiary/aromatic N) is 1. The third-order valence-electron chi connectivity index (χ3n) is 5.77. The summed E-state index contributed by atoms with van der Waals surface area (Å²) in [4.78, 5) is 14.0. The largest absolute Gasteiger partial charge is 0.497 e. The van der Waals surface area contributed by atoms with E-state index in [1.165, 1.54) is 18.4 Å². The zero-order chi connectivity index (χ0) is 17.9. The Morgan fingerprint density at radius 3 is 2.64 bits per heavy atom. The van der Waals surface area contributed by atoms with E-state index < -0.39 is 0 Å². The molecule has 0 aromatic heterocycles. The van der Waals surface area contributed by atoms with Crippen molar-refractivity contribution in [2.75, 3.05) is 26.8 Å². The molecule has 1 spiro atoms.